The molecule has 3 nitrogen and oxygen atoms in total. The predicted molar refractivity (Wildman–Crippen MR) is 91.8 cm³/mol. The maximum absolute atomic E-state index is 12.3. The van der Waals surface area contributed by atoms with E-state index in [0.717, 1.165) is 30.4 Å². The summed E-state index contributed by atoms with van der Waals surface area (Å²) < 4.78 is 5.56. The van der Waals surface area contributed by atoms with Gasteiger partial charge >= 0.3 is 0 Å². The molecule has 0 atom stereocenters. The smallest absolute Gasteiger partial charge is 0.258 e. The van der Waals surface area contributed by atoms with Gasteiger partial charge in [-0.05, 0) is 56.0 Å². The summed E-state index contributed by atoms with van der Waals surface area (Å²) >= 11 is 5.95. The van der Waals surface area contributed by atoms with Crippen molar-refractivity contribution in [2.24, 2.45) is 0 Å². The van der Waals surface area contributed by atoms with Gasteiger partial charge in [-0.2, -0.15) is 0 Å². The lowest BCUT2D eigenvalue weighted by Crippen LogP contribution is -2.52. The lowest BCUT2D eigenvalue weighted by Gasteiger charge is -2.43. The third-order valence-corrected chi connectivity index (χ3v) is 4.63. The SMILES string of the molecule is Cc1ccc(OCC(=O)NC2(c3ccc(Cl)cc3)CCC2)cc1. The van der Waals surface area contributed by atoms with E-state index in [1.54, 1.807) is 0 Å². The van der Waals surface area contributed by atoms with Crippen LogP contribution in [0.5, 0.6) is 5.75 Å². The zero-order valence-corrected chi connectivity index (χ0v) is 13.9. The fourth-order valence-electron chi connectivity index (χ4n) is 2.87. The number of ether oxygens (including phenoxy) is 1. The van der Waals surface area contributed by atoms with Gasteiger partial charge in [-0.15, -0.1) is 0 Å². The van der Waals surface area contributed by atoms with E-state index in [0.29, 0.717) is 10.8 Å². The molecule has 120 valence electrons. The Morgan fingerprint density at radius 2 is 1.78 bits per heavy atom. The van der Waals surface area contributed by atoms with Gasteiger partial charge in [0.05, 0.1) is 5.54 Å². The number of nitrogens with one attached hydrogen (secondary N) is 1. The summed E-state index contributed by atoms with van der Waals surface area (Å²) in [5.74, 6) is 0.611. The minimum atomic E-state index is -0.266. The number of carbonyl (C=O) groups is 1. The van der Waals surface area contributed by atoms with Crippen molar-refractivity contribution in [1.29, 1.82) is 0 Å². The fourth-order valence-corrected chi connectivity index (χ4v) is 3.00. The van der Waals surface area contributed by atoms with Crippen molar-refractivity contribution in [3.05, 3.63) is 64.7 Å². The van der Waals surface area contributed by atoms with Crippen LogP contribution in [-0.4, -0.2) is 12.5 Å². The van der Waals surface area contributed by atoms with E-state index in [9.17, 15) is 4.79 Å². The van der Waals surface area contributed by atoms with Gasteiger partial charge in [0.15, 0.2) is 6.61 Å². The van der Waals surface area contributed by atoms with Crippen molar-refractivity contribution in [3.8, 4) is 5.75 Å². The van der Waals surface area contributed by atoms with E-state index < -0.39 is 0 Å². The van der Waals surface area contributed by atoms with Crippen molar-refractivity contribution < 1.29 is 9.53 Å². The number of hydrogen-bond acceptors (Lipinski definition) is 2. The van der Waals surface area contributed by atoms with Gasteiger partial charge in [0.1, 0.15) is 5.75 Å². The van der Waals surface area contributed by atoms with Gasteiger partial charge in [0.2, 0.25) is 0 Å². The molecule has 1 saturated carbocycles. The summed E-state index contributed by atoms with van der Waals surface area (Å²) in [7, 11) is 0. The van der Waals surface area contributed by atoms with Crippen LogP contribution in [-0.2, 0) is 10.3 Å². The lowest BCUT2D eigenvalue weighted by atomic mass is 9.72. The third kappa shape index (κ3) is 3.67. The van der Waals surface area contributed by atoms with Crippen LogP contribution in [0.25, 0.3) is 0 Å². The first-order valence-corrected chi connectivity index (χ1v) is 8.22. The average Bonchev–Trinajstić information content (AvgIpc) is 2.51. The van der Waals surface area contributed by atoms with Crippen LogP contribution in [0.2, 0.25) is 5.02 Å². The van der Waals surface area contributed by atoms with Crippen LogP contribution in [0, 0.1) is 6.92 Å². The molecule has 23 heavy (non-hydrogen) atoms. The summed E-state index contributed by atoms with van der Waals surface area (Å²) in [5.41, 5.74) is 2.01. The highest BCUT2D eigenvalue weighted by molar-refractivity contribution is 6.30. The summed E-state index contributed by atoms with van der Waals surface area (Å²) in [6.07, 6.45) is 3.01. The standard InChI is InChI=1S/C19H20ClNO2/c1-14-3-9-17(10-4-14)23-13-18(22)21-19(11-2-12-19)15-5-7-16(20)8-6-15/h3-10H,2,11-13H2,1H3,(H,21,22). The fraction of sp³-hybridized carbons (Fsp3) is 0.316. The van der Waals surface area contributed by atoms with E-state index >= 15 is 0 Å². The molecule has 0 aromatic heterocycles. The van der Waals surface area contributed by atoms with E-state index in [-0.39, 0.29) is 18.1 Å². The Hall–Kier alpha value is -2.00. The van der Waals surface area contributed by atoms with Gasteiger partial charge in [-0.3, -0.25) is 4.79 Å². The number of hydrogen-bond donors (Lipinski definition) is 1. The first-order valence-electron chi connectivity index (χ1n) is 7.84. The molecule has 1 amide bonds. The van der Waals surface area contributed by atoms with Gasteiger partial charge in [-0.1, -0.05) is 41.4 Å². The van der Waals surface area contributed by atoms with Crippen molar-refractivity contribution >= 4 is 17.5 Å². The Morgan fingerprint density at radius 3 is 2.35 bits per heavy atom. The summed E-state index contributed by atoms with van der Waals surface area (Å²) in [6, 6.07) is 15.4. The molecule has 0 radical (unpaired) electrons. The number of halogens is 1. The third-order valence-electron chi connectivity index (χ3n) is 4.37. The summed E-state index contributed by atoms with van der Waals surface area (Å²) in [5, 5.41) is 3.85. The molecule has 1 aliphatic carbocycles. The van der Waals surface area contributed by atoms with Crippen LogP contribution in [0.4, 0.5) is 0 Å². The van der Waals surface area contributed by atoms with Crippen LogP contribution >= 0.6 is 11.6 Å². The van der Waals surface area contributed by atoms with E-state index in [4.69, 9.17) is 16.3 Å². The first kappa shape index (κ1) is 15.9. The number of aryl methyl sites for hydroxylation is 1. The Kier molecular flexibility index (Phi) is 4.58. The lowest BCUT2D eigenvalue weighted by molar-refractivity contribution is -0.126. The van der Waals surface area contributed by atoms with E-state index in [1.165, 1.54) is 0 Å². The van der Waals surface area contributed by atoms with Crippen molar-refractivity contribution in [2.75, 3.05) is 6.61 Å². The molecule has 0 aliphatic heterocycles. The van der Waals surface area contributed by atoms with Gasteiger partial charge in [0, 0.05) is 5.02 Å². The zero-order chi connectivity index (χ0) is 16.3. The van der Waals surface area contributed by atoms with Crippen LogP contribution in [0.3, 0.4) is 0 Å². The number of benzene rings is 2. The normalized spacial score (nSPS) is 15.6. The average molecular weight is 330 g/mol. The molecular weight excluding hydrogens is 310 g/mol. The predicted octanol–water partition coefficient (Wildman–Crippen LogP) is 4.22. The highest BCUT2D eigenvalue weighted by Gasteiger charge is 2.39. The Morgan fingerprint density at radius 1 is 1.13 bits per heavy atom. The Bertz CT molecular complexity index is 676. The summed E-state index contributed by atoms with van der Waals surface area (Å²) in [4.78, 5) is 12.3. The number of amides is 1. The van der Waals surface area contributed by atoms with Gasteiger partial charge < -0.3 is 10.1 Å². The maximum Gasteiger partial charge on any atom is 0.258 e. The largest absolute Gasteiger partial charge is 0.484 e. The molecule has 1 N–H and O–H groups in total. The van der Waals surface area contributed by atoms with E-state index in [1.807, 2.05) is 55.5 Å². The molecule has 1 fully saturated rings. The molecule has 0 heterocycles. The molecule has 0 unspecified atom stereocenters. The zero-order valence-electron chi connectivity index (χ0n) is 13.1. The molecule has 1 aliphatic rings. The first-order chi connectivity index (χ1) is 11.1. The molecule has 4 heteroatoms. The Balaban J connectivity index is 1.61. The minimum Gasteiger partial charge on any atom is -0.484 e. The van der Waals surface area contributed by atoms with Crippen LogP contribution < -0.4 is 10.1 Å². The minimum absolute atomic E-state index is 0.0262. The van der Waals surface area contributed by atoms with Crippen LogP contribution in [0.15, 0.2) is 48.5 Å². The van der Waals surface area contributed by atoms with Crippen LogP contribution in [0.1, 0.15) is 30.4 Å². The second-order valence-electron chi connectivity index (χ2n) is 6.09. The molecule has 2 aromatic carbocycles. The summed E-state index contributed by atoms with van der Waals surface area (Å²) in [6.45, 7) is 2.04. The monoisotopic (exact) mass is 329 g/mol. The van der Waals surface area contributed by atoms with E-state index in [2.05, 4.69) is 5.32 Å². The topological polar surface area (TPSA) is 38.3 Å². The maximum atomic E-state index is 12.3. The molecule has 0 saturated heterocycles. The molecule has 0 bridgehead atoms. The molecule has 2 aromatic rings. The van der Waals surface area contributed by atoms with Gasteiger partial charge in [0.25, 0.3) is 5.91 Å². The second-order valence-corrected chi connectivity index (χ2v) is 6.53. The van der Waals surface area contributed by atoms with Gasteiger partial charge in [-0.25, -0.2) is 0 Å². The number of rotatable bonds is 5. The second kappa shape index (κ2) is 6.63. The number of carbonyl (C=O) groups excluding carboxylic acids is 1. The highest BCUT2D eigenvalue weighted by atomic mass is 35.5. The Labute approximate surface area is 141 Å². The molecular formula is C19H20ClNO2. The molecule has 3 rings (SSSR count). The van der Waals surface area contributed by atoms with Crippen molar-refractivity contribution in [2.45, 2.75) is 31.7 Å². The highest BCUT2D eigenvalue weighted by Crippen LogP contribution is 2.41. The van der Waals surface area contributed by atoms with Crippen molar-refractivity contribution in [3.63, 3.8) is 0 Å². The molecule has 0 spiro atoms. The quantitative estimate of drug-likeness (QED) is 0.891. The van der Waals surface area contributed by atoms with Crippen molar-refractivity contribution in [1.82, 2.24) is 5.32 Å².